The SMILES string of the molecule is COc1ccccc1N=Nc1c(S(=O)(=O)O)cc2c(ccc3nc(-c4cccc(N)c4)sc32)c1O. The van der Waals surface area contributed by atoms with E-state index in [9.17, 15) is 18.1 Å². The van der Waals surface area contributed by atoms with Gasteiger partial charge in [0.1, 0.15) is 27.0 Å². The van der Waals surface area contributed by atoms with Gasteiger partial charge in [0.25, 0.3) is 10.1 Å². The summed E-state index contributed by atoms with van der Waals surface area (Å²) in [6.45, 7) is 0. The van der Waals surface area contributed by atoms with E-state index in [-0.39, 0.29) is 5.69 Å². The minimum atomic E-state index is -4.76. The Morgan fingerprint density at radius 1 is 1.00 bits per heavy atom. The lowest BCUT2D eigenvalue weighted by atomic mass is 10.1. The highest BCUT2D eigenvalue weighted by Gasteiger charge is 2.24. The zero-order valence-corrected chi connectivity index (χ0v) is 19.8. The third-order valence-corrected chi connectivity index (χ3v) is 7.36. The quantitative estimate of drug-likeness (QED) is 0.149. The number of fused-ring (bicyclic) bond motifs is 3. The average Bonchev–Trinajstić information content (AvgIpc) is 3.28. The molecular weight excluding hydrogens is 488 g/mol. The zero-order valence-electron chi connectivity index (χ0n) is 18.2. The van der Waals surface area contributed by atoms with E-state index in [0.717, 1.165) is 5.56 Å². The second-order valence-electron chi connectivity index (χ2n) is 7.57. The predicted molar refractivity (Wildman–Crippen MR) is 136 cm³/mol. The second-order valence-corrected chi connectivity index (χ2v) is 9.96. The van der Waals surface area contributed by atoms with E-state index in [2.05, 4.69) is 15.2 Å². The van der Waals surface area contributed by atoms with Gasteiger partial charge in [-0.3, -0.25) is 4.55 Å². The molecule has 0 aliphatic carbocycles. The third kappa shape index (κ3) is 4.16. The lowest BCUT2D eigenvalue weighted by Crippen LogP contribution is -1.99. The molecule has 5 aromatic rings. The fraction of sp³-hybridized carbons (Fsp3) is 0.0417. The molecule has 4 N–H and O–H groups in total. The van der Waals surface area contributed by atoms with Crippen LogP contribution in [0.15, 0.2) is 81.9 Å². The van der Waals surface area contributed by atoms with Crippen molar-refractivity contribution in [3.05, 3.63) is 66.7 Å². The van der Waals surface area contributed by atoms with Gasteiger partial charge in [0, 0.05) is 22.0 Å². The molecule has 5 rings (SSSR count). The van der Waals surface area contributed by atoms with Gasteiger partial charge in [-0.1, -0.05) is 24.3 Å². The number of nitrogen functional groups attached to an aromatic ring is 1. The lowest BCUT2D eigenvalue weighted by Gasteiger charge is -2.09. The van der Waals surface area contributed by atoms with Crippen LogP contribution in [0.4, 0.5) is 17.1 Å². The summed E-state index contributed by atoms with van der Waals surface area (Å²) in [5, 5.41) is 20.5. The van der Waals surface area contributed by atoms with Crippen molar-refractivity contribution in [3.63, 3.8) is 0 Å². The summed E-state index contributed by atoms with van der Waals surface area (Å²) < 4.78 is 40.4. The standard InChI is InChI=1S/C24H18N4O5S2/c1-33-19-8-3-2-7-17(19)27-28-21-20(35(30,31)32)12-16-15(22(21)29)9-10-18-23(16)34-24(26-18)13-5-4-6-14(25)11-13/h2-12,29H,25H2,1H3,(H,30,31,32). The van der Waals surface area contributed by atoms with Crippen LogP contribution in [0.1, 0.15) is 0 Å². The molecular formula is C24H18N4O5S2. The van der Waals surface area contributed by atoms with Gasteiger partial charge in [0.05, 0.1) is 17.3 Å². The smallest absolute Gasteiger partial charge is 0.296 e. The minimum absolute atomic E-state index is 0.320. The Kier molecular flexibility index (Phi) is 5.59. The number of nitrogens with two attached hydrogens (primary N) is 1. The number of hydrogen-bond acceptors (Lipinski definition) is 9. The molecule has 0 aliphatic heterocycles. The molecule has 0 amide bonds. The van der Waals surface area contributed by atoms with Crippen LogP contribution in [0, 0.1) is 0 Å². The molecule has 0 aliphatic rings. The number of hydrogen-bond donors (Lipinski definition) is 3. The van der Waals surface area contributed by atoms with Crippen molar-refractivity contribution in [3.8, 4) is 22.1 Å². The fourth-order valence-corrected chi connectivity index (χ4v) is 5.44. The summed E-state index contributed by atoms with van der Waals surface area (Å²) in [6.07, 6.45) is 0. The molecule has 0 spiro atoms. The van der Waals surface area contributed by atoms with Gasteiger partial charge in [0.2, 0.25) is 0 Å². The number of aromatic hydroxyl groups is 1. The molecule has 1 heterocycles. The van der Waals surface area contributed by atoms with Crippen LogP contribution in [0.5, 0.6) is 11.5 Å². The average molecular weight is 507 g/mol. The monoisotopic (exact) mass is 506 g/mol. The normalized spacial score (nSPS) is 12.1. The Morgan fingerprint density at radius 3 is 2.54 bits per heavy atom. The van der Waals surface area contributed by atoms with Crippen LogP contribution in [0.2, 0.25) is 0 Å². The number of methoxy groups -OCH3 is 1. The van der Waals surface area contributed by atoms with Crippen LogP contribution in [0.3, 0.4) is 0 Å². The highest BCUT2D eigenvalue weighted by atomic mass is 32.2. The first kappa shape index (κ1) is 22.7. The van der Waals surface area contributed by atoms with E-state index in [1.807, 2.05) is 12.1 Å². The molecule has 0 saturated heterocycles. The topological polar surface area (TPSA) is 147 Å². The van der Waals surface area contributed by atoms with Crippen LogP contribution in [0.25, 0.3) is 31.6 Å². The molecule has 0 saturated carbocycles. The third-order valence-electron chi connectivity index (χ3n) is 5.34. The number of aromatic nitrogens is 1. The molecule has 9 nitrogen and oxygen atoms in total. The first-order valence-corrected chi connectivity index (χ1v) is 12.5. The van der Waals surface area contributed by atoms with E-state index in [4.69, 9.17) is 10.5 Å². The number of anilines is 1. The molecule has 1 aromatic heterocycles. The summed E-state index contributed by atoms with van der Waals surface area (Å²) in [4.78, 5) is 4.05. The molecule has 35 heavy (non-hydrogen) atoms. The molecule has 0 bridgehead atoms. The van der Waals surface area contributed by atoms with Crippen LogP contribution < -0.4 is 10.5 Å². The number of para-hydroxylation sites is 1. The number of ether oxygens (including phenoxy) is 1. The maximum Gasteiger partial charge on any atom is 0.296 e. The Labute approximate surface area is 203 Å². The maximum absolute atomic E-state index is 12.3. The number of thiazole rings is 1. The van der Waals surface area contributed by atoms with Crippen LogP contribution in [-0.2, 0) is 10.1 Å². The van der Waals surface area contributed by atoms with Gasteiger partial charge in [-0.25, -0.2) is 4.98 Å². The number of benzene rings is 4. The Bertz CT molecular complexity index is 1750. The summed E-state index contributed by atoms with van der Waals surface area (Å²) in [5.41, 5.74) is 7.83. The van der Waals surface area contributed by atoms with Gasteiger partial charge in [-0.15, -0.1) is 21.6 Å². The maximum atomic E-state index is 12.3. The Morgan fingerprint density at radius 2 is 1.80 bits per heavy atom. The van der Waals surface area contributed by atoms with E-state index in [1.165, 1.54) is 24.5 Å². The van der Waals surface area contributed by atoms with Crippen molar-refractivity contribution in [1.29, 1.82) is 0 Å². The number of rotatable bonds is 5. The Balaban J connectivity index is 1.74. The molecule has 4 aromatic carbocycles. The molecule has 176 valence electrons. The molecule has 11 heteroatoms. The fourth-order valence-electron chi connectivity index (χ4n) is 3.71. The first-order chi connectivity index (χ1) is 16.8. The Hall–Kier alpha value is -4.06. The highest BCUT2D eigenvalue weighted by molar-refractivity contribution is 7.86. The summed E-state index contributed by atoms with van der Waals surface area (Å²) in [6, 6.07) is 18.6. The second kappa shape index (κ2) is 8.62. The summed E-state index contributed by atoms with van der Waals surface area (Å²) in [7, 11) is -3.30. The molecule has 0 unspecified atom stereocenters. The zero-order chi connectivity index (χ0) is 24.7. The van der Waals surface area contributed by atoms with Crippen molar-refractivity contribution in [2.45, 2.75) is 4.90 Å². The van der Waals surface area contributed by atoms with Crippen molar-refractivity contribution in [2.24, 2.45) is 10.2 Å². The highest BCUT2D eigenvalue weighted by Crippen LogP contribution is 2.45. The number of nitrogens with zero attached hydrogens (tertiary/aromatic N) is 3. The first-order valence-electron chi connectivity index (χ1n) is 10.2. The minimum Gasteiger partial charge on any atom is -0.505 e. The van der Waals surface area contributed by atoms with E-state index < -0.39 is 20.8 Å². The number of phenolic OH excluding ortho intramolecular Hbond substituents is 1. The predicted octanol–water partition coefficient (Wildman–Crippen LogP) is 6.08. The van der Waals surface area contributed by atoms with Crippen molar-refractivity contribution in [1.82, 2.24) is 4.98 Å². The van der Waals surface area contributed by atoms with Gasteiger partial charge in [-0.2, -0.15) is 8.42 Å². The summed E-state index contributed by atoms with van der Waals surface area (Å²) >= 11 is 1.31. The molecule has 0 radical (unpaired) electrons. The number of phenols is 1. The summed E-state index contributed by atoms with van der Waals surface area (Å²) in [5.74, 6) is -0.0278. The molecule has 0 atom stereocenters. The van der Waals surface area contributed by atoms with E-state index >= 15 is 0 Å². The molecule has 0 fully saturated rings. The van der Waals surface area contributed by atoms with Gasteiger partial charge in [0.15, 0.2) is 5.75 Å². The van der Waals surface area contributed by atoms with Crippen molar-refractivity contribution < 1.29 is 22.8 Å². The van der Waals surface area contributed by atoms with Crippen molar-refractivity contribution >= 4 is 59.5 Å². The van der Waals surface area contributed by atoms with Gasteiger partial charge >= 0.3 is 0 Å². The largest absolute Gasteiger partial charge is 0.505 e. The van der Waals surface area contributed by atoms with Gasteiger partial charge in [-0.05, 0) is 42.5 Å². The lowest BCUT2D eigenvalue weighted by molar-refractivity contribution is 0.416. The van der Waals surface area contributed by atoms with E-state index in [0.29, 0.717) is 43.1 Å². The van der Waals surface area contributed by atoms with Gasteiger partial charge < -0.3 is 15.6 Å². The van der Waals surface area contributed by atoms with E-state index in [1.54, 1.807) is 48.5 Å². The van der Waals surface area contributed by atoms with Crippen LogP contribution in [-0.4, -0.2) is 30.2 Å². The van der Waals surface area contributed by atoms with Crippen LogP contribution >= 0.6 is 11.3 Å². The number of azo groups is 1. The van der Waals surface area contributed by atoms with Crippen molar-refractivity contribution in [2.75, 3.05) is 12.8 Å².